The fourth-order valence-electron chi connectivity index (χ4n) is 7.26. The molecule has 8 rings (SSSR count). The number of aromatic nitrogens is 1. The standard InChI is InChI=1S/C32H28N4O5/c1-16-7-9-21-28(17(16)2)34-31(39)32(21)27-26(23(35-32)13-18-15-33-22-6-4-3-5-20(18)22)29(37)36(30(27)38)19-8-10-24-25(14-19)41-12-11-40-24/h3-10,14-15,23,26-27,33,35H,11-13H2,1-2H3,(H,34,39)/t23-,26-,27+,32-/m1/s1. The van der Waals surface area contributed by atoms with Gasteiger partial charge in [0.2, 0.25) is 17.7 Å². The van der Waals surface area contributed by atoms with E-state index in [9.17, 15) is 14.4 Å². The number of nitrogens with one attached hydrogen (secondary N) is 3. The second kappa shape index (κ2) is 8.44. The summed E-state index contributed by atoms with van der Waals surface area (Å²) in [6, 6.07) is 16.5. The third-order valence-corrected chi connectivity index (χ3v) is 9.32. The molecule has 9 heteroatoms. The van der Waals surface area contributed by atoms with E-state index in [1.165, 1.54) is 4.90 Å². The SMILES string of the molecule is Cc1ccc2c(c1C)NC(=O)[C@@]21N[C@H](Cc2c[nH]c3ccccc23)[C@H]2C(=O)N(c3ccc4c(c3)OCCO4)C(=O)[C@H]21. The van der Waals surface area contributed by atoms with Crippen LogP contribution < -0.4 is 25.0 Å². The van der Waals surface area contributed by atoms with Crippen LogP contribution in [0, 0.1) is 25.7 Å². The first-order valence-electron chi connectivity index (χ1n) is 13.9. The summed E-state index contributed by atoms with van der Waals surface area (Å²) in [7, 11) is 0. The van der Waals surface area contributed by atoms with Crippen molar-refractivity contribution in [3.8, 4) is 11.5 Å². The molecular formula is C32H28N4O5. The van der Waals surface area contributed by atoms with E-state index in [1.807, 2.05) is 56.4 Å². The number of para-hydroxylation sites is 1. The molecule has 1 aromatic heterocycles. The summed E-state index contributed by atoms with van der Waals surface area (Å²) in [5.74, 6) is -1.62. The lowest BCUT2D eigenvalue weighted by Gasteiger charge is -2.30. The molecule has 0 aliphatic carbocycles. The van der Waals surface area contributed by atoms with Crippen molar-refractivity contribution in [2.45, 2.75) is 31.8 Å². The smallest absolute Gasteiger partial charge is 0.250 e. The highest BCUT2D eigenvalue weighted by Crippen LogP contribution is 2.55. The number of hydrogen-bond acceptors (Lipinski definition) is 6. The zero-order chi connectivity index (χ0) is 28.0. The molecular weight excluding hydrogens is 520 g/mol. The molecule has 4 aliphatic rings. The molecule has 4 aliphatic heterocycles. The van der Waals surface area contributed by atoms with Crippen LogP contribution in [0.3, 0.4) is 0 Å². The first-order chi connectivity index (χ1) is 19.9. The number of amides is 3. The van der Waals surface area contributed by atoms with Crippen molar-refractivity contribution >= 4 is 40.0 Å². The van der Waals surface area contributed by atoms with E-state index in [-0.39, 0.29) is 11.8 Å². The van der Waals surface area contributed by atoms with Gasteiger partial charge >= 0.3 is 0 Å². The zero-order valence-corrected chi connectivity index (χ0v) is 22.6. The molecule has 4 aromatic rings. The number of carbonyl (C=O) groups is 3. The number of ether oxygens (including phenoxy) is 2. The van der Waals surface area contributed by atoms with Crippen molar-refractivity contribution in [2.24, 2.45) is 11.8 Å². The van der Waals surface area contributed by atoms with Gasteiger partial charge < -0.3 is 19.8 Å². The van der Waals surface area contributed by atoms with Gasteiger partial charge in [0.05, 0.1) is 17.5 Å². The minimum Gasteiger partial charge on any atom is -0.486 e. The van der Waals surface area contributed by atoms with Gasteiger partial charge in [0.1, 0.15) is 18.8 Å². The summed E-state index contributed by atoms with van der Waals surface area (Å²) in [5.41, 5.74) is 4.48. The van der Waals surface area contributed by atoms with Gasteiger partial charge in [-0.15, -0.1) is 0 Å². The Morgan fingerprint density at radius 1 is 0.951 bits per heavy atom. The third kappa shape index (κ3) is 3.18. The number of rotatable bonds is 3. The summed E-state index contributed by atoms with van der Waals surface area (Å²) in [6.07, 6.45) is 2.41. The molecule has 0 saturated carbocycles. The van der Waals surface area contributed by atoms with Crippen LogP contribution in [0.25, 0.3) is 10.9 Å². The molecule has 2 saturated heterocycles. The normalized spacial score (nSPS) is 26.1. The average Bonchev–Trinajstić information content (AvgIpc) is 3.69. The summed E-state index contributed by atoms with van der Waals surface area (Å²) < 4.78 is 11.4. The van der Waals surface area contributed by atoms with Crippen molar-refractivity contribution in [1.29, 1.82) is 0 Å². The Morgan fingerprint density at radius 2 is 1.76 bits per heavy atom. The van der Waals surface area contributed by atoms with Crippen molar-refractivity contribution in [3.63, 3.8) is 0 Å². The van der Waals surface area contributed by atoms with Gasteiger partial charge in [-0.2, -0.15) is 0 Å². The fraction of sp³-hybridized carbons (Fsp3) is 0.281. The number of benzene rings is 3. The molecule has 4 atom stereocenters. The van der Waals surface area contributed by atoms with Crippen LogP contribution >= 0.6 is 0 Å². The third-order valence-electron chi connectivity index (χ3n) is 9.32. The maximum atomic E-state index is 14.4. The topological polar surface area (TPSA) is 113 Å². The molecule has 206 valence electrons. The summed E-state index contributed by atoms with van der Waals surface area (Å²) in [4.78, 5) is 47.3. The Kier molecular flexibility index (Phi) is 4.98. The number of aromatic amines is 1. The highest BCUT2D eigenvalue weighted by Gasteiger charge is 2.70. The maximum Gasteiger partial charge on any atom is 0.250 e. The molecule has 2 fully saturated rings. The number of aryl methyl sites for hydroxylation is 1. The van der Waals surface area contributed by atoms with Crippen molar-refractivity contribution in [2.75, 3.05) is 23.4 Å². The second-order valence-electron chi connectivity index (χ2n) is 11.3. The van der Waals surface area contributed by atoms with E-state index in [0.717, 1.165) is 27.6 Å². The van der Waals surface area contributed by atoms with Gasteiger partial charge in [-0.3, -0.25) is 19.7 Å². The minimum atomic E-state index is -1.37. The largest absolute Gasteiger partial charge is 0.486 e. The molecule has 1 spiro atoms. The lowest BCUT2D eigenvalue weighted by Crippen LogP contribution is -2.53. The molecule has 0 unspecified atom stereocenters. The molecule has 41 heavy (non-hydrogen) atoms. The Balaban J connectivity index is 1.27. The average molecular weight is 549 g/mol. The van der Waals surface area contributed by atoms with Gasteiger partial charge in [-0.25, -0.2) is 4.90 Å². The van der Waals surface area contributed by atoms with E-state index >= 15 is 0 Å². The Bertz CT molecular complexity index is 1810. The minimum absolute atomic E-state index is 0.303. The van der Waals surface area contributed by atoms with Gasteiger partial charge in [0, 0.05) is 40.5 Å². The number of hydrogen-bond donors (Lipinski definition) is 3. The summed E-state index contributed by atoms with van der Waals surface area (Å²) >= 11 is 0. The maximum absolute atomic E-state index is 14.4. The lowest BCUT2D eigenvalue weighted by molar-refractivity contribution is -0.130. The van der Waals surface area contributed by atoms with Crippen molar-refractivity contribution in [3.05, 3.63) is 83.0 Å². The Morgan fingerprint density at radius 3 is 2.61 bits per heavy atom. The predicted molar refractivity (Wildman–Crippen MR) is 152 cm³/mol. The van der Waals surface area contributed by atoms with Crippen LogP contribution in [0.15, 0.2) is 60.8 Å². The van der Waals surface area contributed by atoms with E-state index in [1.54, 1.807) is 18.2 Å². The van der Waals surface area contributed by atoms with Crippen LogP contribution in [0.5, 0.6) is 11.5 Å². The Hall–Kier alpha value is -4.63. The highest BCUT2D eigenvalue weighted by atomic mass is 16.6. The van der Waals surface area contributed by atoms with E-state index < -0.39 is 29.3 Å². The number of fused-ring (bicyclic) bond motifs is 6. The van der Waals surface area contributed by atoms with Crippen LogP contribution in [0.2, 0.25) is 0 Å². The summed E-state index contributed by atoms with van der Waals surface area (Å²) in [6.45, 7) is 4.78. The van der Waals surface area contributed by atoms with E-state index in [0.29, 0.717) is 48.1 Å². The second-order valence-corrected chi connectivity index (χ2v) is 11.3. The Labute approximate surface area is 235 Å². The highest BCUT2D eigenvalue weighted by molar-refractivity contribution is 6.26. The van der Waals surface area contributed by atoms with Crippen LogP contribution in [0.4, 0.5) is 11.4 Å². The van der Waals surface area contributed by atoms with Gasteiger partial charge in [-0.1, -0.05) is 30.3 Å². The van der Waals surface area contributed by atoms with Gasteiger partial charge in [0.25, 0.3) is 0 Å². The molecule has 0 bridgehead atoms. The number of imide groups is 1. The van der Waals surface area contributed by atoms with Crippen LogP contribution in [0.1, 0.15) is 22.3 Å². The summed E-state index contributed by atoms with van der Waals surface area (Å²) in [5, 5.41) is 7.68. The molecule has 3 amide bonds. The van der Waals surface area contributed by atoms with Gasteiger partial charge in [0.15, 0.2) is 11.5 Å². The quantitative estimate of drug-likeness (QED) is 0.337. The lowest BCUT2D eigenvalue weighted by atomic mass is 9.75. The van der Waals surface area contributed by atoms with Crippen molar-refractivity contribution < 1.29 is 23.9 Å². The fourth-order valence-corrected chi connectivity index (χ4v) is 7.26. The number of carbonyl (C=O) groups excluding carboxylic acids is 3. The molecule has 0 radical (unpaired) electrons. The number of nitrogens with zero attached hydrogens (tertiary/aromatic N) is 1. The molecule has 5 heterocycles. The zero-order valence-electron chi connectivity index (χ0n) is 22.6. The van der Waals surface area contributed by atoms with Gasteiger partial charge in [-0.05, 0) is 55.2 Å². The first kappa shape index (κ1) is 24.2. The van der Waals surface area contributed by atoms with E-state index in [4.69, 9.17) is 9.47 Å². The van der Waals surface area contributed by atoms with Crippen LogP contribution in [-0.2, 0) is 26.3 Å². The number of H-pyrrole nitrogens is 1. The molecule has 3 aromatic carbocycles. The van der Waals surface area contributed by atoms with E-state index in [2.05, 4.69) is 15.6 Å². The predicted octanol–water partition coefficient (Wildman–Crippen LogP) is 3.72. The number of anilines is 2. The first-order valence-corrected chi connectivity index (χ1v) is 13.9. The van der Waals surface area contributed by atoms with Crippen LogP contribution in [-0.4, -0.2) is 42.0 Å². The monoisotopic (exact) mass is 548 g/mol. The molecule has 9 nitrogen and oxygen atoms in total. The van der Waals surface area contributed by atoms with Crippen molar-refractivity contribution in [1.82, 2.24) is 10.3 Å². The molecule has 3 N–H and O–H groups in total.